The van der Waals surface area contributed by atoms with Gasteiger partial charge in [-0.15, -0.1) is 0 Å². The number of carbonyl (C=O) groups excluding carboxylic acids is 2. The average Bonchev–Trinajstić information content (AvgIpc) is 3.69. The maximum atomic E-state index is 14.2. The lowest BCUT2D eigenvalue weighted by atomic mass is 10.0. The third-order valence-electron chi connectivity index (χ3n) is 8.64. The van der Waals surface area contributed by atoms with Crippen molar-refractivity contribution in [1.82, 2.24) is 0 Å². The molecule has 5 rings (SSSR count). The number of nitrogens with one attached hydrogen (secondary N) is 1. The summed E-state index contributed by atoms with van der Waals surface area (Å²) in [5.41, 5.74) is 8.84. The van der Waals surface area contributed by atoms with Crippen LogP contribution in [0.4, 0.5) is 23.7 Å². The van der Waals surface area contributed by atoms with E-state index in [9.17, 15) is 36.3 Å². The normalized spacial score (nSPS) is 17.0. The molecule has 14 nitrogen and oxygen atoms in total. The van der Waals surface area contributed by atoms with Crippen molar-refractivity contribution in [2.75, 3.05) is 39.7 Å². The highest BCUT2D eigenvalue weighted by molar-refractivity contribution is 7.87. The molecule has 19 heteroatoms. The number of phenols is 1. The molecule has 300 valence electrons. The van der Waals surface area contributed by atoms with Gasteiger partial charge in [0.15, 0.2) is 17.5 Å². The minimum absolute atomic E-state index is 0.0534. The zero-order chi connectivity index (χ0) is 41.3. The number of halogens is 3. The number of phenolic OH excluding ortho intramolecular Hbond substituents is 1. The zero-order valence-corrected chi connectivity index (χ0v) is 32.1. The van der Waals surface area contributed by atoms with Crippen molar-refractivity contribution in [2.45, 2.75) is 42.9 Å². The van der Waals surface area contributed by atoms with E-state index in [-0.39, 0.29) is 22.8 Å². The van der Waals surface area contributed by atoms with E-state index < -0.39 is 40.2 Å². The summed E-state index contributed by atoms with van der Waals surface area (Å²) >= 11 is 1.24. The number of benzene rings is 3. The maximum absolute atomic E-state index is 14.2. The second-order valence-corrected chi connectivity index (χ2v) is 15.3. The van der Waals surface area contributed by atoms with Crippen LogP contribution in [-0.4, -0.2) is 97.9 Å². The Morgan fingerprint density at radius 3 is 2.16 bits per heavy atom. The molecule has 0 saturated carbocycles. The Kier molecular flexibility index (Phi) is 14.1. The molecule has 0 spiro atoms. The highest BCUT2D eigenvalue weighted by atomic mass is 32.2. The molecule has 1 unspecified atom stereocenters. The van der Waals surface area contributed by atoms with Crippen LogP contribution >= 0.6 is 11.3 Å². The van der Waals surface area contributed by atoms with Gasteiger partial charge in [-0.05, 0) is 71.6 Å². The first kappa shape index (κ1) is 43.1. The first-order valence-electron chi connectivity index (χ1n) is 16.8. The Balaban J connectivity index is 0.000000908. The lowest BCUT2D eigenvalue weighted by molar-refractivity contribution is -0.918. The molecule has 1 aliphatic heterocycles. The molecular formula is C37H41F3N4O10S2+2. The predicted octanol–water partition coefficient (Wildman–Crippen LogP) is 5.39. The monoisotopic (exact) mass is 822 g/mol. The first-order valence-corrected chi connectivity index (χ1v) is 19.1. The van der Waals surface area contributed by atoms with E-state index in [1.807, 2.05) is 18.2 Å². The molecular weight excluding hydrogens is 782 g/mol. The van der Waals surface area contributed by atoms with Crippen LogP contribution in [0.15, 0.2) is 88.5 Å². The number of piperidine rings is 1. The Labute approximate surface area is 324 Å². The maximum Gasteiger partial charge on any atom is 0.496 e. The summed E-state index contributed by atoms with van der Waals surface area (Å²) in [6, 6.07) is 18.0. The molecule has 56 heavy (non-hydrogen) atoms. The number of hydrogen-bond donors (Lipinski definition) is 4. The Bertz CT molecular complexity index is 2150. The number of methoxy groups -OCH3 is 2. The first-order chi connectivity index (χ1) is 26.3. The number of urea groups is 1. The molecule has 1 aromatic heterocycles. The summed E-state index contributed by atoms with van der Waals surface area (Å²) in [7, 11) is 1.28. The number of thiophene rings is 1. The van der Waals surface area contributed by atoms with E-state index in [1.54, 1.807) is 31.7 Å². The van der Waals surface area contributed by atoms with Crippen molar-refractivity contribution in [3.8, 4) is 23.0 Å². The number of nitrogens with zero attached hydrogens (tertiary/aromatic N) is 2. The van der Waals surface area contributed by atoms with E-state index in [1.165, 1.54) is 63.8 Å². The van der Waals surface area contributed by atoms with E-state index in [0.717, 1.165) is 24.2 Å². The smallest absolute Gasteiger partial charge is 0.496 e. The third kappa shape index (κ3) is 11.7. The number of carbonyl (C=O) groups is 3. The van der Waals surface area contributed by atoms with Gasteiger partial charge in [-0.1, -0.05) is 12.1 Å². The van der Waals surface area contributed by atoms with Crippen molar-refractivity contribution in [1.29, 1.82) is 0 Å². The standard InChI is InChI=1S/C35H38N4O8S2.C2HF3O2/c1-39(21-25-8-15-32(45-2)33(20-25)46-3)17-4-5-27(22-39)38(31(34(36)41)19-24-6-11-28(40)12-7-24)35(42)37-26-9-13-29(14-10-26)47-49(43,44)30-16-18-48-23-30;3-2(4,5)1(6)7/h6-16,18,20,23,31H,4-5,17,19,21-22H2,1-3H3,(H2-2,36,37,40,41,42);(H,6,7)/p+2/b38-27+;/t31-,39?;/m0./s1. The van der Waals surface area contributed by atoms with E-state index in [2.05, 4.69) is 12.4 Å². The number of amides is 3. The van der Waals surface area contributed by atoms with Crippen LogP contribution in [0.3, 0.4) is 0 Å². The lowest BCUT2D eigenvalue weighted by Gasteiger charge is -2.38. The summed E-state index contributed by atoms with van der Waals surface area (Å²) in [6.45, 7) is 1.94. The summed E-state index contributed by atoms with van der Waals surface area (Å²) in [5.74, 6) is -2.03. The fourth-order valence-electron chi connectivity index (χ4n) is 6.04. The molecule has 4 aromatic rings. The van der Waals surface area contributed by atoms with E-state index >= 15 is 0 Å². The number of primary amides is 1. The molecule has 5 N–H and O–H groups in total. The number of likely N-dealkylation sites (tertiary alicyclic amines) is 1. The molecule has 1 aliphatic rings. The van der Waals surface area contributed by atoms with Crippen LogP contribution < -0.4 is 24.7 Å². The van der Waals surface area contributed by atoms with Crippen LogP contribution in [0, 0.1) is 0 Å². The fourth-order valence-corrected chi connectivity index (χ4v) is 7.98. The SMILES string of the molecule is COc1ccc(C[N+]2(C)CCC/C(=[N+](\C(=O)Nc3ccc(OS(=O)(=O)c4ccsc4)cc3)[C@@H](Cc3ccc(O)cc3)C(N)=O)C2)cc1OC.O=C(O)C(F)(F)F. The number of carboxylic acid groups (broad SMARTS) is 1. The van der Waals surface area contributed by atoms with Crippen molar-refractivity contribution in [3.05, 3.63) is 94.7 Å². The van der Waals surface area contributed by atoms with Gasteiger partial charge >= 0.3 is 28.3 Å². The molecule has 2 atom stereocenters. The molecule has 3 aromatic carbocycles. The Hall–Kier alpha value is -5.66. The molecule has 0 aliphatic carbocycles. The summed E-state index contributed by atoms with van der Waals surface area (Å²) < 4.78 is 75.0. The van der Waals surface area contributed by atoms with Crippen LogP contribution in [0.5, 0.6) is 23.0 Å². The predicted molar refractivity (Wildman–Crippen MR) is 200 cm³/mol. The highest BCUT2D eigenvalue weighted by Crippen LogP contribution is 2.30. The van der Waals surface area contributed by atoms with Crippen molar-refractivity contribution in [2.24, 2.45) is 5.73 Å². The van der Waals surface area contributed by atoms with Crippen molar-refractivity contribution >= 4 is 50.8 Å². The molecule has 3 amide bonds. The van der Waals surface area contributed by atoms with E-state index in [0.29, 0.717) is 46.7 Å². The Morgan fingerprint density at radius 2 is 1.61 bits per heavy atom. The number of alkyl halides is 3. The summed E-state index contributed by atoms with van der Waals surface area (Å²) in [5, 5.41) is 22.9. The number of aromatic hydroxyl groups is 1. The third-order valence-corrected chi connectivity index (χ3v) is 10.7. The number of quaternary nitrogens is 1. The van der Waals surface area contributed by atoms with E-state index in [4.69, 9.17) is 29.3 Å². The van der Waals surface area contributed by atoms with Gasteiger partial charge in [0.1, 0.15) is 40.9 Å². The minimum Gasteiger partial charge on any atom is -0.508 e. The van der Waals surface area contributed by atoms with Gasteiger partial charge in [0.05, 0.1) is 27.8 Å². The number of nitrogens with two attached hydrogens (primary N) is 1. The fraction of sp³-hybridized carbons (Fsp3) is 0.297. The number of anilines is 1. The van der Waals surface area contributed by atoms with Gasteiger partial charge in [0.2, 0.25) is 0 Å². The van der Waals surface area contributed by atoms with Gasteiger partial charge in [0.25, 0.3) is 5.91 Å². The number of ether oxygens (including phenoxy) is 2. The summed E-state index contributed by atoms with van der Waals surface area (Å²) in [4.78, 5) is 36.2. The second kappa shape index (κ2) is 18.3. The van der Waals surface area contributed by atoms with Gasteiger partial charge in [-0.2, -0.15) is 42.3 Å². The number of rotatable bonds is 12. The lowest BCUT2D eigenvalue weighted by Crippen LogP contribution is -2.56. The molecule has 2 heterocycles. The summed E-state index contributed by atoms with van der Waals surface area (Å²) in [6.07, 6.45) is -3.63. The second-order valence-electron chi connectivity index (χ2n) is 12.9. The molecule has 1 saturated heterocycles. The van der Waals surface area contributed by atoms with Crippen LogP contribution in [0.1, 0.15) is 24.0 Å². The van der Waals surface area contributed by atoms with Crippen LogP contribution in [0.2, 0.25) is 0 Å². The average molecular weight is 823 g/mol. The highest BCUT2D eigenvalue weighted by Gasteiger charge is 2.40. The van der Waals surface area contributed by atoms with Gasteiger partial charge in [-0.25, -0.2) is 10.1 Å². The molecule has 0 bridgehead atoms. The Morgan fingerprint density at radius 1 is 0.982 bits per heavy atom. The largest absolute Gasteiger partial charge is 0.508 e. The van der Waals surface area contributed by atoms with Gasteiger partial charge in [-0.3, -0.25) is 4.79 Å². The number of carboxylic acids is 1. The van der Waals surface area contributed by atoms with Gasteiger partial charge < -0.3 is 34.1 Å². The van der Waals surface area contributed by atoms with Crippen molar-refractivity contribution in [3.63, 3.8) is 0 Å². The molecule has 1 fully saturated rings. The zero-order valence-electron chi connectivity index (χ0n) is 30.5. The number of aliphatic carboxylic acids is 1. The topological polar surface area (TPSA) is 195 Å². The van der Waals surface area contributed by atoms with Crippen LogP contribution in [-0.2, 0) is 32.7 Å². The number of hydrogen-bond acceptors (Lipinski definition) is 10. The van der Waals surface area contributed by atoms with Crippen LogP contribution in [0.25, 0.3) is 0 Å². The minimum atomic E-state index is -5.08. The molecule has 0 radical (unpaired) electrons. The van der Waals surface area contributed by atoms with Crippen molar-refractivity contribution < 1.29 is 68.9 Å². The van der Waals surface area contributed by atoms with Gasteiger partial charge in [0, 0.05) is 30.2 Å². The quantitative estimate of drug-likeness (QED) is 0.0818.